The van der Waals surface area contributed by atoms with Crippen molar-refractivity contribution in [1.29, 1.82) is 0 Å². The van der Waals surface area contributed by atoms with E-state index < -0.39 is 0 Å². The number of benzene rings is 1. The number of aromatic nitrogens is 1. The fourth-order valence-electron chi connectivity index (χ4n) is 1.47. The van der Waals surface area contributed by atoms with E-state index in [2.05, 4.69) is 4.98 Å². The second kappa shape index (κ2) is 3.95. The molecule has 2 nitrogen and oxygen atoms in total. The minimum atomic E-state index is 0.0320. The van der Waals surface area contributed by atoms with Crippen molar-refractivity contribution in [2.45, 2.75) is 12.8 Å². The molecule has 1 aromatic carbocycles. The molecule has 15 heavy (non-hydrogen) atoms. The normalized spacial score (nSPS) is 12.6. The van der Waals surface area contributed by atoms with E-state index in [1.54, 1.807) is 0 Å². The molecule has 1 atom stereocenters. The first-order valence-corrected chi connectivity index (χ1v) is 5.24. The molecule has 0 spiro atoms. The van der Waals surface area contributed by atoms with E-state index in [0.29, 0.717) is 4.99 Å². The molecule has 0 aliphatic rings. The van der Waals surface area contributed by atoms with Crippen LogP contribution in [0, 0.1) is 0 Å². The van der Waals surface area contributed by atoms with Gasteiger partial charge in [0.15, 0.2) is 0 Å². The molecule has 0 radical (unpaired) electrons. The van der Waals surface area contributed by atoms with Gasteiger partial charge in [-0.05, 0) is 12.1 Å². The van der Waals surface area contributed by atoms with Gasteiger partial charge in [0.2, 0.25) is 0 Å². The van der Waals surface area contributed by atoms with Gasteiger partial charge in [0.1, 0.15) is 0 Å². The van der Waals surface area contributed by atoms with Crippen LogP contribution in [0.25, 0.3) is 10.9 Å². The first-order valence-electron chi connectivity index (χ1n) is 4.83. The zero-order valence-corrected chi connectivity index (χ0v) is 9.29. The van der Waals surface area contributed by atoms with Crippen molar-refractivity contribution in [2.24, 2.45) is 5.73 Å². The Balaban J connectivity index is 2.51. The van der Waals surface area contributed by atoms with E-state index in [9.17, 15) is 0 Å². The van der Waals surface area contributed by atoms with Gasteiger partial charge in [0.25, 0.3) is 0 Å². The van der Waals surface area contributed by atoms with Crippen molar-refractivity contribution in [3.63, 3.8) is 0 Å². The highest BCUT2D eigenvalue weighted by molar-refractivity contribution is 7.80. The second-order valence-electron chi connectivity index (χ2n) is 3.55. The molecule has 2 aromatic rings. The van der Waals surface area contributed by atoms with Crippen LogP contribution in [0.3, 0.4) is 0 Å². The number of hydrogen-bond acceptors (Lipinski definition) is 2. The molecule has 1 heterocycles. The van der Waals surface area contributed by atoms with Gasteiger partial charge in [0, 0.05) is 11.3 Å². The SMILES string of the molecule is CC(C(N)=S)c1ccc2ccccc2n1. The van der Waals surface area contributed by atoms with Crippen LogP contribution in [0.4, 0.5) is 0 Å². The highest BCUT2D eigenvalue weighted by Crippen LogP contribution is 2.17. The maximum atomic E-state index is 5.60. The quantitative estimate of drug-likeness (QED) is 0.784. The van der Waals surface area contributed by atoms with Crippen LogP contribution in [0.1, 0.15) is 18.5 Å². The van der Waals surface area contributed by atoms with Crippen molar-refractivity contribution in [3.05, 3.63) is 42.1 Å². The molecule has 0 fully saturated rings. The number of para-hydroxylation sites is 1. The molecule has 3 heteroatoms. The molecule has 0 saturated carbocycles. The Bertz CT molecular complexity index is 508. The van der Waals surface area contributed by atoms with Crippen LogP contribution >= 0.6 is 12.2 Å². The fourth-order valence-corrected chi connectivity index (χ4v) is 1.59. The molecule has 76 valence electrons. The van der Waals surface area contributed by atoms with Crippen molar-refractivity contribution >= 4 is 28.1 Å². The van der Waals surface area contributed by atoms with Gasteiger partial charge in [0.05, 0.1) is 16.2 Å². The maximum absolute atomic E-state index is 5.60. The predicted molar refractivity (Wildman–Crippen MR) is 66.9 cm³/mol. The van der Waals surface area contributed by atoms with Crippen LogP contribution in [0.15, 0.2) is 36.4 Å². The molecule has 0 bridgehead atoms. The summed E-state index contributed by atoms with van der Waals surface area (Å²) in [6, 6.07) is 12.0. The minimum Gasteiger partial charge on any atom is -0.393 e. The molecule has 0 amide bonds. The summed E-state index contributed by atoms with van der Waals surface area (Å²) in [4.78, 5) is 5.01. The van der Waals surface area contributed by atoms with E-state index in [1.807, 2.05) is 43.3 Å². The van der Waals surface area contributed by atoms with Gasteiger partial charge in [-0.1, -0.05) is 43.4 Å². The Morgan fingerprint density at radius 2 is 2.00 bits per heavy atom. The summed E-state index contributed by atoms with van der Waals surface area (Å²) in [5.41, 5.74) is 7.52. The zero-order chi connectivity index (χ0) is 10.8. The standard InChI is InChI=1S/C12H12N2S/c1-8(12(13)15)10-7-6-9-4-2-3-5-11(9)14-10/h2-8H,1H3,(H2,13,15). The molecule has 1 unspecified atom stereocenters. The van der Waals surface area contributed by atoms with Crippen molar-refractivity contribution in [1.82, 2.24) is 4.98 Å². The number of hydrogen-bond donors (Lipinski definition) is 1. The largest absolute Gasteiger partial charge is 0.393 e. The molecule has 2 rings (SSSR count). The molecular formula is C12H12N2S. The molecule has 2 N–H and O–H groups in total. The second-order valence-corrected chi connectivity index (χ2v) is 4.02. The zero-order valence-electron chi connectivity index (χ0n) is 8.47. The van der Waals surface area contributed by atoms with Crippen LogP contribution in [0.2, 0.25) is 0 Å². The third-order valence-electron chi connectivity index (χ3n) is 2.49. The number of nitrogens with two attached hydrogens (primary N) is 1. The first-order chi connectivity index (χ1) is 7.18. The first kappa shape index (κ1) is 10.1. The van der Waals surface area contributed by atoms with Gasteiger partial charge in [-0.15, -0.1) is 0 Å². The van der Waals surface area contributed by atoms with Crippen molar-refractivity contribution in [2.75, 3.05) is 0 Å². The predicted octanol–water partition coefficient (Wildman–Crippen LogP) is 2.62. The fraction of sp³-hybridized carbons (Fsp3) is 0.167. The van der Waals surface area contributed by atoms with Gasteiger partial charge in [-0.25, -0.2) is 0 Å². The Hall–Kier alpha value is -1.48. The van der Waals surface area contributed by atoms with E-state index in [-0.39, 0.29) is 5.92 Å². The number of thiocarbonyl (C=S) groups is 1. The summed E-state index contributed by atoms with van der Waals surface area (Å²) in [7, 11) is 0. The number of pyridine rings is 1. The Morgan fingerprint density at radius 1 is 1.27 bits per heavy atom. The van der Waals surface area contributed by atoms with Crippen LogP contribution in [-0.2, 0) is 0 Å². The molecule has 1 aromatic heterocycles. The van der Waals surface area contributed by atoms with E-state index in [4.69, 9.17) is 18.0 Å². The van der Waals surface area contributed by atoms with Crippen LogP contribution in [-0.4, -0.2) is 9.97 Å². The van der Waals surface area contributed by atoms with Crippen molar-refractivity contribution < 1.29 is 0 Å². The summed E-state index contributed by atoms with van der Waals surface area (Å²) >= 11 is 4.96. The lowest BCUT2D eigenvalue weighted by Crippen LogP contribution is -2.17. The molecule has 0 saturated heterocycles. The van der Waals surface area contributed by atoms with E-state index in [1.165, 1.54) is 0 Å². The third kappa shape index (κ3) is 1.97. The van der Waals surface area contributed by atoms with Gasteiger partial charge >= 0.3 is 0 Å². The minimum absolute atomic E-state index is 0.0320. The molecular weight excluding hydrogens is 204 g/mol. The highest BCUT2D eigenvalue weighted by Gasteiger charge is 2.09. The Labute approximate surface area is 94.1 Å². The average Bonchev–Trinajstić information content (AvgIpc) is 2.27. The number of nitrogens with zero attached hydrogens (tertiary/aromatic N) is 1. The smallest absolute Gasteiger partial charge is 0.0816 e. The average molecular weight is 216 g/mol. The number of rotatable bonds is 2. The van der Waals surface area contributed by atoms with Crippen LogP contribution < -0.4 is 5.73 Å². The Kier molecular flexibility index (Phi) is 2.64. The lowest BCUT2D eigenvalue weighted by molar-refractivity contribution is 0.968. The molecule has 0 aliphatic carbocycles. The van der Waals surface area contributed by atoms with Gasteiger partial charge in [-0.3, -0.25) is 4.98 Å². The summed E-state index contributed by atoms with van der Waals surface area (Å²) in [6.07, 6.45) is 0. The van der Waals surface area contributed by atoms with E-state index in [0.717, 1.165) is 16.6 Å². The lowest BCUT2D eigenvalue weighted by Gasteiger charge is -2.09. The molecule has 0 aliphatic heterocycles. The van der Waals surface area contributed by atoms with Gasteiger partial charge in [-0.2, -0.15) is 0 Å². The number of fused-ring (bicyclic) bond motifs is 1. The van der Waals surface area contributed by atoms with Crippen LogP contribution in [0.5, 0.6) is 0 Å². The topological polar surface area (TPSA) is 38.9 Å². The Morgan fingerprint density at radius 3 is 2.73 bits per heavy atom. The summed E-state index contributed by atoms with van der Waals surface area (Å²) in [6.45, 7) is 1.97. The maximum Gasteiger partial charge on any atom is 0.0816 e. The highest BCUT2D eigenvalue weighted by atomic mass is 32.1. The van der Waals surface area contributed by atoms with Crippen molar-refractivity contribution in [3.8, 4) is 0 Å². The summed E-state index contributed by atoms with van der Waals surface area (Å²) in [5, 5.41) is 1.14. The third-order valence-corrected chi connectivity index (χ3v) is 2.84. The van der Waals surface area contributed by atoms with Gasteiger partial charge < -0.3 is 5.73 Å². The summed E-state index contributed by atoms with van der Waals surface area (Å²) < 4.78 is 0. The lowest BCUT2D eigenvalue weighted by atomic mass is 10.1. The summed E-state index contributed by atoms with van der Waals surface area (Å²) in [5.74, 6) is 0.0320. The monoisotopic (exact) mass is 216 g/mol. The van der Waals surface area contributed by atoms with E-state index >= 15 is 0 Å².